The molecule has 0 aliphatic heterocycles. The van der Waals surface area contributed by atoms with Gasteiger partial charge in [-0.1, -0.05) is 18.0 Å². The van der Waals surface area contributed by atoms with Crippen LogP contribution in [-0.2, 0) is 11.2 Å². The van der Waals surface area contributed by atoms with Crippen molar-refractivity contribution in [3.05, 3.63) is 22.7 Å². The molecule has 0 aromatic carbocycles. The van der Waals surface area contributed by atoms with Gasteiger partial charge < -0.3 is 14.9 Å². The summed E-state index contributed by atoms with van der Waals surface area (Å²) in [6.07, 6.45) is 4.27. The maximum absolute atomic E-state index is 11.8. The van der Waals surface area contributed by atoms with Crippen molar-refractivity contribution >= 4 is 17.2 Å². The number of carbonyl (C=O) groups is 1. The van der Waals surface area contributed by atoms with Crippen LogP contribution < -0.4 is 5.32 Å². The van der Waals surface area contributed by atoms with Crippen LogP contribution in [0.1, 0.15) is 38.0 Å². The number of hydrogen-bond acceptors (Lipinski definition) is 6. The highest BCUT2D eigenvalue weighted by atomic mass is 32.1. The van der Waals surface area contributed by atoms with Crippen LogP contribution in [-0.4, -0.2) is 33.3 Å². The van der Waals surface area contributed by atoms with E-state index in [1.54, 1.807) is 11.3 Å². The van der Waals surface area contributed by atoms with E-state index in [1.807, 2.05) is 16.8 Å². The zero-order chi connectivity index (χ0) is 15.4. The van der Waals surface area contributed by atoms with Crippen LogP contribution in [0.15, 0.2) is 21.3 Å². The van der Waals surface area contributed by atoms with Crippen molar-refractivity contribution in [2.75, 3.05) is 6.54 Å². The molecule has 1 amide bonds. The highest BCUT2D eigenvalue weighted by Gasteiger charge is 2.31. The Morgan fingerprint density at radius 1 is 1.45 bits per heavy atom. The molecule has 22 heavy (non-hydrogen) atoms. The van der Waals surface area contributed by atoms with E-state index in [0.717, 1.165) is 31.2 Å². The number of rotatable bonds is 6. The quantitative estimate of drug-likeness (QED) is 0.851. The number of aromatic nitrogens is 2. The first kappa shape index (κ1) is 15.2. The summed E-state index contributed by atoms with van der Waals surface area (Å²) in [6, 6.07) is 1.92. The minimum absolute atomic E-state index is 0.101. The maximum Gasteiger partial charge on any atom is 0.227 e. The Kier molecular flexibility index (Phi) is 4.54. The molecule has 0 radical (unpaired) electrons. The Morgan fingerprint density at radius 3 is 3.00 bits per heavy atom. The largest absolute Gasteiger partial charge is 0.388 e. The van der Waals surface area contributed by atoms with Crippen LogP contribution in [0.5, 0.6) is 0 Å². The normalized spacial score (nSPS) is 16.8. The summed E-state index contributed by atoms with van der Waals surface area (Å²) in [6.45, 7) is 0.329. The van der Waals surface area contributed by atoms with Gasteiger partial charge in [0.1, 0.15) is 0 Å². The molecule has 0 unspecified atom stereocenters. The standard InChI is InChI=1S/C15H19N3O3S/c19-12(16-10-15(20)6-1-2-7-15)3-4-13-17-14(18-21-13)11-5-8-22-9-11/h5,8-9,20H,1-4,6-7,10H2,(H,16,19). The number of nitrogens with one attached hydrogen (secondary N) is 1. The Hall–Kier alpha value is -1.73. The molecule has 2 N–H and O–H groups in total. The third-order valence-corrected chi connectivity index (χ3v) is 4.65. The Balaban J connectivity index is 1.45. The predicted molar refractivity (Wildman–Crippen MR) is 82.4 cm³/mol. The molecular weight excluding hydrogens is 302 g/mol. The van der Waals surface area contributed by atoms with Crippen molar-refractivity contribution in [3.63, 3.8) is 0 Å². The van der Waals surface area contributed by atoms with E-state index in [-0.39, 0.29) is 12.3 Å². The summed E-state index contributed by atoms with van der Waals surface area (Å²) in [5, 5.41) is 20.8. The van der Waals surface area contributed by atoms with Crippen LogP contribution >= 0.6 is 11.3 Å². The molecule has 3 rings (SSSR count). The summed E-state index contributed by atoms with van der Waals surface area (Å²) in [4.78, 5) is 16.1. The SMILES string of the molecule is O=C(CCc1nc(-c2ccsc2)no1)NCC1(O)CCCC1. The molecule has 0 saturated heterocycles. The van der Waals surface area contributed by atoms with E-state index in [1.165, 1.54) is 0 Å². The Bertz CT molecular complexity index is 618. The molecule has 1 fully saturated rings. The minimum Gasteiger partial charge on any atom is -0.388 e. The minimum atomic E-state index is -0.716. The summed E-state index contributed by atoms with van der Waals surface area (Å²) in [5.74, 6) is 0.906. The highest BCUT2D eigenvalue weighted by Crippen LogP contribution is 2.28. The number of amides is 1. The average molecular weight is 321 g/mol. The van der Waals surface area contributed by atoms with Crippen molar-refractivity contribution in [2.24, 2.45) is 0 Å². The van der Waals surface area contributed by atoms with E-state index in [2.05, 4.69) is 15.5 Å². The lowest BCUT2D eigenvalue weighted by Crippen LogP contribution is -2.40. The lowest BCUT2D eigenvalue weighted by atomic mass is 10.0. The van der Waals surface area contributed by atoms with E-state index in [0.29, 0.717) is 24.7 Å². The van der Waals surface area contributed by atoms with E-state index in [9.17, 15) is 9.90 Å². The molecule has 2 aromatic rings. The number of aryl methyl sites for hydroxylation is 1. The molecule has 6 nitrogen and oxygen atoms in total. The van der Waals surface area contributed by atoms with Gasteiger partial charge in [0.2, 0.25) is 17.6 Å². The second-order valence-electron chi connectivity index (χ2n) is 5.73. The fourth-order valence-electron chi connectivity index (χ4n) is 2.65. The van der Waals surface area contributed by atoms with Gasteiger partial charge in [-0.2, -0.15) is 16.3 Å². The second kappa shape index (κ2) is 6.58. The fraction of sp³-hybridized carbons (Fsp3) is 0.533. The average Bonchev–Trinajstić information content (AvgIpc) is 3.24. The van der Waals surface area contributed by atoms with Crippen LogP contribution in [0.2, 0.25) is 0 Å². The molecular formula is C15H19N3O3S. The van der Waals surface area contributed by atoms with E-state index >= 15 is 0 Å². The first-order chi connectivity index (χ1) is 10.6. The van der Waals surface area contributed by atoms with Gasteiger partial charge >= 0.3 is 0 Å². The van der Waals surface area contributed by atoms with Gasteiger partial charge in [0, 0.05) is 30.3 Å². The first-order valence-electron chi connectivity index (χ1n) is 7.49. The third-order valence-electron chi connectivity index (χ3n) is 3.96. The number of aliphatic hydroxyl groups is 1. The number of hydrogen-bond donors (Lipinski definition) is 2. The van der Waals surface area contributed by atoms with Crippen LogP contribution in [0.3, 0.4) is 0 Å². The molecule has 2 heterocycles. The topological polar surface area (TPSA) is 88.2 Å². The van der Waals surface area contributed by atoms with Gasteiger partial charge in [-0.15, -0.1) is 0 Å². The van der Waals surface area contributed by atoms with Gasteiger partial charge in [0.25, 0.3) is 0 Å². The lowest BCUT2D eigenvalue weighted by Gasteiger charge is -2.22. The summed E-state index contributed by atoms with van der Waals surface area (Å²) < 4.78 is 5.15. The predicted octanol–water partition coefficient (Wildman–Crippen LogP) is 2.15. The van der Waals surface area contributed by atoms with Gasteiger partial charge in [-0.3, -0.25) is 4.79 Å². The zero-order valence-electron chi connectivity index (χ0n) is 12.2. The van der Waals surface area contributed by atoms with Crippen molar-refractivity contribution in [1.82, 2.24) is 15.5 Å². The van der Waals surface area contributed by atoms with E-state index < -0.39 is 5.60 Å². The highest BCUT2D eigenvalue weighted by molar-refractivity contribution is 7.08. The molecule has 1 aliphatic carbocycles. The van der Waals surface area contributed by atoms with Crippen molar-refractivity contribution < 1.29 is 14.4 Å². The fourth-order valence-corrected chi connectivity index (χ4v) is 3.28. The summed E-state index contributed by atoms with van der Waals surface area (Å²) >= 11 is 1.57. The first-order valence-corrected chi connectivity index (χ1v) is 8.43. The molecule has 118 valence electrons. The molecule has 2 aromatic heterocycles. The number of carbonyl (C=O) groups excluding carboxylic acids is 1. The molecule has 0 atom stereocenters. The van der Waals surface area contributed by atoms with Crippen LogP contribution in [0, 0.1) is 0 Å². The maximum atomic E-state index is 11.8. The van der Waals surface area contributed by atoms with Crippen molar-refractivity contribution in [1.29, 1.82) is 0 Å². The third kappa shape index (κ3) is 3.72. The van der Waals surface area contributed by atoms with Crippen LogP contribution in [0.25, 0.3) is 11.4 Å². The summed E-state index contributed by atoms with van der Waals surface area (Å²) in [5.41, 5.74) is 0.208. The number of nitrogens with zero attached hydrogens (tertiary/aromatic N) is 2. The van der Waals surface area contributed by atoms with Crippen molar-refractivity contribution in [3.8, 4) is 11.4 Å². The molecule has 1 saturated carbocycles. The van der Waals surface area contributed by atoms with Gasteiger partial charge in [0.05, 0.1) is 5.60 Å². The van der Waals surface area contributed by atoms with Crippen molar-refractivity contribution in [2.45, 2.75) is 44.1 Å². The van der Waals surface area contributed by atoms with Gasteiger partial charge in [0.15, 0.2) is 0 Å². The Labute approximate surface area is 132 Å². The zero-order valence-corrected chi connectivity index (χ0v) is 13.1. The van der Waals surface area contributed by atoms with Crippen LogP contribution in [0.4, 0.5) is 0 Å². The summed E-state index contributed by atoms with van der Waals surface area (Å²) in [7, 11) is 0. The number of thiophene rings is 1. The van der Waals surface area contributed by atoms with Gasteiger partial charge in [-0.25, -0.2) is 0 Å². The molecule has 0 spiro atoms. The smallest absolute Gasteiger partial charge is 0.227 e. The Morgan fingerprint density at radius 2 is 2.27 bits per heavy atom. The molecule has 7 heteroatoms. The molecule has 1 aliphatic rings. The van der Waals surface area contributed by atoms with E-state index in [4.69, 9.17) is 4.52 Å². The molecule has 0 bridgehead atoms. The lowest BCUT2D eigenvalue weighted by molar-refractivity contribution is -0.122. The van der Waals surface area contributed by atoms with Gasteiger partial charge in [-0.05, 0) is 24.3 Å². The second-order valence-corrected chi connectivity index (χ2v) is 6.51. The monoisotopic (exact) mass is 321 g/mol.